The summed E-state index contributed by atoms with van der Waals surface area (Å²) in [7, 11) is 0. The van der Waals surface area contributed by atoms with Crippen LogP contribution < -0.4 is 4.90 Å². The van der Waals surface area contributed by atoms with Crippen LogP contribution in [0.4, 0.5) is 10.1 Å². The Morgan fingerprint density at radius 1 is 0.897 bits per heavy atom. The number of nitrogens with zero attached hydrogens (tertiary/aromatic N) is 1. The van der Waals surface area contributed by atoms with Gasteiger partial charge in [0, 0.05) is 11.3 Å². The van der Waals surface area contributed by atoms with Crippen LogP contribution in [0.1, 0.15) is 22.7 Å². The fourth-order valence-electron chi connectivity index (χ4n) is 3.52. The highest BCUT2D eigenvalue weighted by Gasteiger charge is 2.46. The van der Waals surface area contributed by atoms with Crippen molar-refractivity contribution < 1.29 is 19.1 Å². The van der Waals surface area contributed by atoms with Crippen LogP contribution in [0.5, 0.6) is 0 Å². The molecule has 1 fully saturated rings. The lowest BCUT2D eigenvalue weighted by Crippen LogP contribution is -2.29. The monoisotopic (exact) mass is 387 g/mol. The lowest BCUT2D eigenvalue weighted by molar-refractivity contribution is -0.132. The van der Waals surface area contributed by atoms with Gasteiger partial charge in [0.05, 0.1) is 11.6 Å². The first-order valence-corrected chi connectivity index (χ1v) is 9.16. The summed E-state index contributed by atoms with van der Waals surface area (Å²) in [6.45, 7) is 1.94. The van der Waals surface area contributed by atoms with Gasteiger partial charge in [0.15, 0.2) is 0 Å². The van der Waals surface area contributed by atoms with Crippen molar-refractivity contribution in [2.45, 2.75) is 13.0 Å². The Morgan fingerprint density at radius 3 is 2.14 bits per heavy atom. The summed E-state index contributed by atoms with van der Waals surface area (Å²) in [6.07, 6.45) is 0. The molecular weight excluding hydrogens is 369 g/mol. The van der Waals surface area contributed by atoms with E-state index in [9.17, 15) is 19.1 Å². The Balaban J connectivity index is 1.94. The van der Waals surface area contributed by atoms with E-state index in [1.807, 2.05) is 31.2 Å². The summed E-state index contributed by atoms with van der Waals surface area (Å²) in [5, 5.41) is 10.9. The SMILES string of the molecule is Cc1ccc([C@H]2C(=C(O)c3ccccc3)C(=O)C(=O)N2c2ccc(F)cc2)cc1. The molecule has 1 atom stereocenters. The minimum absolute atomic E-state index is 0.00868. The van der Waals surface area contributed by atoms with Gasteiger partial charge in [-0.2, -0.15) is 0 Å². The molecule has 4 rings (SSSR count). The summed E-state index contributed by atoms with van der Waals surface area (Å²) >= 11 is 0. The molecule has 1 heterocycles. The standard InChI is InChI=1S/C24H18FNO3/c1-15-7-9-16(10-8-15)21-20(22(27)17-5-3-2-4-6-17)23(28)24(29)26(21)19-13-11-18(25)12-14-19/h2-14,21,27H,1H3/t21-/m0/s1. The van der Waals surface area contributed by atoms with Crippen LogP contribution in [0.2, 0.25) is 0 Å². The van der Waals surface area contributed by atoms with Gasteiger partial charge in [-0.15, -0.1) is 0 Å². The molecule has 1 N–H and O–H groups in total. The fourth-order valence-corrected chi connectivity index (χ4v) is 3.52. The average Bonchev–Trinajstić information content (AvgIpc) is 3.00. The van der Waals surface area contributed by atoms with Gasteiger partial charge in [0.2, 0.25) is 0 Å². The molecule has 1 aliphatic rings. The van der Waals surface area contributed by atoms with E-state index in [-0.39, 0.29) is 11.3 Å². The average molecular weight is 387 g/mol. The van der Waals surface area contributed by atoms with Crippen molar-refractivity contribution in [3.63, 3.8) is 0 Å². The minimum Gasteiger partial charge on any atom is -0.507 e. The van der Waals surface area contributed by atoms with Crippen LogP contribution in [-0.4, -0.2) is 16.8 Å². The van der Waals surface area contributed by atoms with Gasteiger partial charge >= 0.3 is 0 Å². The van der Waals surface area contributed by atoms with E-state index in [1.54, 1.807) is 30.3 Å². The van der Waals surface area contributed by atoms with Crippen LogP contribution in [0, 0.1) is 12.7 Å². The number of rotatable bonds is 3. The number of hydrogen-bond donors (Lipinski definition) is 1. The second-order valence-electron chi connectivity index (χ2n) is 6.92. The molecular formula is C24H18FNO3. The van der Waals surface area contributed by atoms with Crippen molar-refractivity contribution in [1.29, 1.82) is 0 Å². The molecule has 1 saturated heterocycles. The number of ketones is 1. The molecule has 144 valence electrons. The minimum atomic E-state index is -0.818. The lowest BCUT2D eigenvalue weighted by Gasteiger charge is -2.25. The zero-order valence-electron chi connectivity index (χ0n) is 15.7. The highest BCUT2D eigenvalue weighted by atomic mass is 19.1. The lowest BCUT2D eigenvalue weighted by atomic mass is 9.94. The number of aliphatic hydroxyl groups excluding tert-OH is 1. The normalized spacial score (nSPS) is 18.3. The van der Waals surface area contributed by atoms with Crippen LogP contribution in [0.25, 0.3) is 5.76 Å². The maximum atomic E-state index is 13.4. The first kappa shape index (κ1) is 18.6. The predicted octanol–water partition coefficient (Wildman–Crippen LogP) is 4.76. The van der Waals surface area contributed by atoms with Crippen molar-refractivity contribution in [2.75, 3.05) is 4.90 Å². The van der Waals surface area contributed by atoms with Crippen molar-refractivity contribution in [3.8, 4) is 0 Å². The zero-order valence-corrected chi connectivity index (χ0v) is 15.7. The second kappa shape index (κ2) is 7.36. The van der Waals surface area contributed by atoms with Gasteiger partial charge < -0.3 is 5.11 Å². The molecule has 1 aliphatic heterocycles. The molecule has 1 amide bonds. The van der Waals surface area contributed by atoms with Gasteiger partial charge in [0.1, 0.15) is 11.6 Å². The van der Waals surface area contributed by atoms with Crippen molar-refractivity contribution in [3.05, 3.63) is 107 Å². The summed E-state index contributed by atoms with van der Waals surface area (Å²) in [4.78, 5) is 27.2. The quantitative estimate of drug-likeness (QED) is 0.400. The number of amides is 1. The topological polar surface area (TPSA) is 57.6 Å². The van der Waals surface area contributed by atoms with Gasteiger partial charge in [-0.3, -0.25) is 14.5 Å². The molecule has 0 aromatic heterocycles. The molecule has 4 nitrogen and oxygen atoms in total. The number of halogens is 1. The number of aliphatic hydroxyl groups is 1. The Hall–Kier alpha value is -3.73. The Kier molecular flexibility index (Phi) is 4.72. The van der Waals surface area contributed by atoms with Crippen LogP contribution >= 0.6 is 0 Å². The Bertz CT molecular complexity index is 1100. The maximum absolute atomic E-state index is 13.4. The van der Waals surface area contributed by atoms with Gasteiger partial charge in [-0.25, -0.2) is 4.39 Å². The fraction of sp³-hybridized carbons (Fsp3) is 0.0833. The third-order valence-electron chi connectivity index (χ3n) is 4.99. The summed E-state index contributed by atoms with van der Waals surface area (Å²) in [5.74, 6) is -2.22. The Labute approximate surface area is 167 Å². The third kappa shape index (κ3) is 3.31. The molecule has 3 aromatic carbocycles. The largest absolute Gasteiger partial charge is 0.507 e. The smallest absolute Gasteiger partial charge is 0.300 e. The van der Waals surface area contributed by atoms with Crippen LogP contribution in [-0.2, 0) is 9.59 Å². The molecule has 0 unspecified atom stereocenters. The van der Waals surface area contributed by atoms with E-state index >= 15 is 0 Å². The number of carbonyl (C=O) groups excluding carboxylic acids is 2. The summed E-state index contributed by atoms with van der Waals surface area (Å²) in [6, 6.07) is 20.6. The zero-order chi connectivity index (χ0) is 20.5. The van der Waals surface area contributed by atoms with E-state index in [2.05, 4.69) is 0 Å². The maximum Gasteiger partial charge on any atom is 0.300 e. The summed E-state index contributed by atoms with van der Waals surface area (Å²) < 4.78 is 13.4. The van der Waals surface area contributed by atoms with Crippen molar-refractivity contribution in [1.82, 2.24) is 0 Å². The second-order valence-corrected chi connectivity index (χ2v) is 6.92. The molecule has 29 heavy (non-hydrogen) atoms. The molecule has 3 aromatic rings. The Morgan fingerprint density at radius 2 is 1.52 bits per heavy atom. The van der Waals surface area contributed by atoms with E-state index in [0.717, 1.165) is 5.56 Å². The molecule has 0 spiro atoms. The number of anilines is 1. The van der Waals surface area contributed by atoms with Gasteiger partial charge in [-0.1, -0.05) is 60.2 Å². The highest BCUT2D eigenvalue weighted by Crippen LogP contribution is 2.42. The first-order valence-electron chi connectivity index (χ1n) is 9.16. The first-order chi connectivity index (χ1) is 14.0. The van der Waals surface area contributed by atoms with Crippen molar-refractivity contribution in [2.24, 2.45) is 0 Å². The molecule has 0 aliphatic carbocycles. The molecule has 0 radical (unpaired) electrons. The predicted molar refractivity (Wildman–Crippen MR) is 109 cm³/mol. The molecule has 5 heteroatoms. The molecule has 0 bridgehead atoms. The highest BCUT2D eigenvalue weighted by molar-refractivity contribution is 6.51. The van der Waals surface area contributed by atoms with E-state index in [1.165, 1.54) is 29.2 Å². The summed E-state index contributed by atoms with van der Waals surface area (Å²) in [5.41, 5.74) is 2.54. The molecule has 0 saturated carbocycles. The van der Waals surface area contributed by atoms with Crippen molar-refractivity contribution >= 4 is 23.1 Å². The number of benzene rings is 3. The van der Waals surface area contributed by atoms with E-state index < -0.39 is 23.5 Å². The van der Waals surface area contributed by atoms with Gasteiger partial charge in [-0.05, 0) is 36.8 Å². The number of Topliss-reactive ketones (excluding diaryl/α,β-unsaturated/α-hetero) is 1. The van der Waals surface area contributed by atoms with Crippen LogP contribution in [0.15, 0.2) is 84.4 Å². The third-order valence-corrected chi connectivity index (χ3v) is 4.99. The van der Waals surface area contributed by atoms with Gasteiger partial charge in [0.25, 0.3) is 11.7 Å². The number of aryl methyl sites for hydroxylation is 1. The number of hydrogen-bond acceptors (Lipinski definition) is 3. The van der Waals surface area contributed by atoms with E-state index in [0.29, 0.717) is 16.8 Å². The van der Waals surface area contributed by atoms with E-state index in [4.69, 9.17) is 0 Å². The van der Waals surface area contributed by atoms with Crippen LogP contribution in [0.3, 0.4) is 0 Å². The number of carbonyl (C=O) groups is 2.